The van der Waals surface area contributed by atoms with Crippen LogP contribution in [0, 0.1) is 0 Å². The molecule has 0 aliphatic carbocycles. The lowest BCUT2D eigenvalue weighted by atomic mass is 10.0. The van der Waals surface area contributed by atoms with Crippen LogP contribution in [0.15, 0.2) is 112 Å². The van der Waals surface area contributed by atoms with Gasteiger partial charge in [-0.3, -0.25) is 13.9 Å². The first-order valence-corrected chi connectivity index (χ1v) is 17.5. The molecular formula is C36H40BrN3O6S. The van der Waals surface area contributed by atoms with Gasteiger partial charge in [0.15, 0.2) is 11.5 Å². The Hall–Kier alpha value is -4.35. The number of nitrogens with one attached hydrogen (secondary N) is 1. The van der Waals surface area contributed by atoms with Gasteiger partial charge < -0.3 is 19.7 Å². The Kier molecular flexibility index (Phi) is 12.4. The van der Waals surface area contributed by atoms with E-state index in [1.807, 2.05) is 68.4 Å². The van der Waals surface area contributed by atoms with Gasteiger partial charge in [-0.25, -0.2) is 8.42 Å². The van der Waals surface area contributed by atoms with Gasteiger partial charge in [0, 0.05) is 29.5 Å². The van der Waals surface area contributed by atoms with Crippen LogP contribution in [0.25, 0.3) is 0 Å². The zero-order chi connectivity index (χ0) is 34.0. The van der Waals surface area contributed by atoms with E-state index in [9.17, 15) is 18.0 Å². The van der Waals surface area contributed by atoms with E-state index < -0.39 is 28.5 Å². The summed E-state index contributed by atoms with van der Waals surface area (Å²) in [6.45, 7) is 3.37. The fraction of sp³-hybridized carbons (Fsp3) is 0.278. The molecule has 0 heterocycles. The summed E-state index contributed by atoms with van der Waals surface area (Å²) in [4.78, 5) is 30.1. The molecule has 0 saturated carbocycles. The summed E-state index contributed by atoms with van der Waals surface area (Å²) in [7, 11) is -1.32. The predicted molar refractivity (Wildman–Crippen MR) is 187 cm³/mol. The number of amides is 2. The highest BCUT2D eigenvalue weighted by Crippen LogP contribution is 2.34. The summed E-state index contributed by atoms with van der Waals surface area (Å²) in [6.07, 6.45) is 0.931. The summed E-state index contributed by atoms with van der Waals surface area (Å²) in [5.41, 5.74) is 1.84. The largest absolute Gasteiger partial charge is 0.493 e. The lowest BCUT2D eigenvalue weighted by Crippen LogP contribution is -2.54. The minimum Gasteiger partial charge on any atom is -0.493 e. The zero-order valence-corrected chi connectivity index (χ0v) is 29.3. The smallest absolute Gasteiger partial charge is 0.264 e. The summed E-state index contributed by atoms with van der Waals surface area (Å²) in [5.74, 6) is -0.173. The van der Waals surface area contributed by atoms with Gasteiger partial charge in [0.2, 0.25) is 11.8 Å². The number of ether oxygens (including phenoxy) is 2. The zero-order valence-electron chi connectivity index (χ0n) is 26.9. The Labute approximate surface area is 285 Å². The van der Waals surface area contributed by atoms with Gasteiger partial charge in [0.05, 0.1) is 24.8 Å². The molecule has 2 atom stereocenters. The number of halogens is 1. The van der Waals surface area contributed by atoms with E-state index in [1.54, 1.807) is 30.3 Å². The van der Waals surface area contributed by atoms with E-state index in [0.29, 0.717) is 17.9 Å². The molecule has 0 radical (unpaired) electrons. The molecule has 0 spiro atoms. The van der Waals surface area contributed by atoms with Gasteiger partial charge in [-0.2, -0.15) is 0 Å². The minimum absolute atomic E-state index is 0.0115. The number of nitrogens with zero attached hydrogens (tertiary/aromatic N) is 2. The topological polar surface area (TPSA) is 105 Å². The van der Waals surface area contributed by atoms with Crippen LogP contribution in [0.5, 0.6) is 11.5 Å². The second-order valence-electron chi connectivity index (χ2n) is 11.0. The molecule has 0 unspecified atom stereocenters. The third-order valence-corrected chi connectivity index (χ3v) is 10.1. The summed E-state index contributed by atoms with van der Waals surface area (Å²) >= 11 is 3.46. The second-order valence-corrected chi connectivity index (χ2v) is 13.8. The maximum Gasteiger partial charge on any atom is 0.264 e. The summed E-state index contributed by atoms with van der Waals surface area (Å²) < 4.78 is 41.2. The van der Waals surface area contributed by atoms with Crippen molar-refractivity contribution in [2.24, 2.45) is 0 Å². The van der Waals surface area contributed by atoms with Crippen molar-refractivity contribution in [3.05, 3.63) is 119 Å². The van der Waals surface area contributed by atoms with Crippen molar-refractivity contribution >= 4 is 43.5 Å². The monoisotopic (exact) mass is 721 g/mol. The first-order valence-electron chi connectivity index (χ1n) is 15.2. The van der Waals surface area contributed by atoms with Gasteiger partial charge in [-0.05, 0) is 60.9 Å². The van der Waals surface area contributed by atoms with Gasteiger partial charge >= 0.3 is 0 Å². The molecule has 4 rings (SSSR count). The number of carbonyl (C=O) groups excluding carboxylic acids is 2. The Bertz CT molecular complexity index is 1740. The predicted octanol–water partition coefficient (Wildman–Crippen LogP) is 6.22. The quantitative estimate of drug-likeness (QED) is 0.156. The van der Waals surface area contributed by atoms with Crippen LogP contribution in [0.1, 0.15) is 31.4 Å². The number of carbonyl (C=O) groups is 2. The van der Waals surface area contributed by atoms with Gasteiger partial charge in [-0.1, -0.05) is 83.5 Å². The molecule has 0 bridgehead atoms. The standard InChI is InChI=1S/C36H40BrN3O6S/c1-5-26(2)38-36(42)32(22-27-12-8-6-9-13-27)39(24-28-16-18-29(37)19-17-28)35(41)25-40(47(43,44)31-14-10-7-11-15-31)30-20-21-33(45-3)34(23-30)46-4/h6-21,23,26,32H,5,22,24-25H2,1-4H3,(H,38,42)/t26-,32+/m0/s1. The molecule has 1 N–H and O–H groups in total. The Morgan fingerprint density at radius 3 is 2.04 bits per heavy atom. The lowest BCUT2D eigenvalue weighted by Gasteiger charge is -2.34. The van der Waals surface area contributed by atoms with Crippen molar-refractivity contribution in [2.45, 2.75) is 50.2 Å². The van der Waals surface area contributed by atoms with Gasteiger partial charge in [-0.15, -0.1) is 0 Å². The number of rotatable bonds is 15. The lowest BCUT2D eigenvalue weighted by molar-refractivity contribution is -0.140. The molecule has 9 nitrogen and oxygen atoms in total. The molecule has 0 saturated heterocycles. The van der Waals surface area contributed by atoms with Crippen LogP contribution in [0.4, 0.5) is 5.69 Å². The molecule has 4 aromatic rings. The molecule has 0 aliphatic heterocycles. The molecule has 47 heavy (non-hydrogen) atoms. The fourth-order valence-electron chi connectivity index (χ4n) is 5.01. The molecule has 2 amide bonds. The number of hydrogen-bond donors (Lipinski definition) is 1. The van der Waals surface area contributed by atoms with Crippen molar-refractivity contribution in [2.75, 3.05) is 25.1 Å². The van der Waals surface area contributed by atoms with Crippen LogP contribution in [-0.4, -0.2) is 58.0 Å². The molecule has 0 aromatic heterocycles. The van der Waals surface area contributed by atoms with Crippen LogP contribution < -0.4 is 19.1 Å². The Balaban J connectivity index is 1.83. The van der Waals surface area contributed by atoms with Gasteiger partial charge in [0.1, 0.15) is 12.6 Å². The third-order valence-electron chi connectivity index (χ3n) is 7.80. The van der Waals surface area contributed by atoms with E-state index in [2.05, 4.69) is 21.2 Å². The van der Waals surface area contributed by atoms with E-state index in [-0.39, 0.29) is 35.5 Å². The normalized spacial score (nSPS) is 12.4. The highest BCUT2D eigenvalue weighted by Gasteiger charge is 2.35. The number of benzene rings is 4. The van der Waals surface area contributed by atoms with Crippen LogP contribution in [0.3, 0.4) is 0 Å². The van der Waals surface area contributed by atoms with Crippen LogP contribution >= 0.6 is 15.9 Å². The highest BCUT2D eigenvalue weighted by molar-refractivity contribution is 9.10. The number of methoxy groups -OCH3 is 2. The number of sulfonamides is 1. The van der Waals surface area contributed by atoms with E-state index in [4.69, 9.17) is 9.47 Å². The van der Waals surface area contributed by atoms with Gasteiger partial charge in [0.25, 0.3) is 10.0 Å². The van der Waals surface area contributed by atoms with Crippen molar-refractivity contribution in [3.8, 4) is 11.5 Å². The summed E-state index contributed by atoms with van der Waals surface area (Å²) in [5, 5.41) is 3.05. The first kappa shape index (κ1) is 35.5. The Morgan fingerprint density at radius 2 is 1.45 bits per heavy atom. The van der Waals surface area contributed by atoms with E-state index in [1.165, 1.54) is 37.3 Å². The molecule has 11 heteroatoms. The second kappa shape index (κ2) is 16.5. The molecule has 4 aromatic carbocycles. The van der Waals surface area contributed by atoms with E-state index >= 15 is 0 Å². The molecule has 0 fully saturated rings. The van der Waals surface area contributed by atoms with Crippen molar-refractivity contribution in [3.63, 3.8) is 0 Å². The number of hydrogen-bond acceptors (Lipinski definition) is 6. The van der Waals surface area contributed by atoms with Crippen molar-refractivity contribution < 1.29 is 27.5 Å². The fourth-order valence-corrected chi connectivity index (χ4v) is 6.70. The molecular weight excluding hydrogens is 682 g/mol. The van der Waals surface area contributed by atoms with Crippen molar-refractivity contribution in [1.82, 2.24) is 10.2 Å². The summed E-state index contributed by atoms with van der Waals surface area (Å²) in [6, 6.07) is 28.4. The Morgan fingerprint density at radius 1 is 0.830 bits per heavy atom. The minimum atomic E-state index is -4.25. The maximum absolute atomic E-state index is 14.6. The molecule has 248 valence electrons. The highest BCUT2D eigenvalue weighted by atomic mass is 79.9. The van der Waals surface area contributed by atoms with Crippen molar-refractivity contribution in [1.29, 1.82) is 0 Å². The average molecular weight is 723 g/mol. The first-order chi connectivity index (χ1) is 22.6. The molecule has 0 aliphatic rings. The number of anilines is 1. The van der Waals surface area contributed by atoms with Crippen LogP contribution in [0.2, 0.25) is 0 Å². The SMILES string of the molecule is CC[C@H](C)NC(=O)[C@@H](Cc1ccccc1)N(Cc1ccc(Br)cc1)C(=O)CN(c1ccc(OC)c(OC)c1)S(=O)(=O)c1ccccc1. The third kappa shape index (κ3) is 9.14. The van der Waals surface area contributed by atoms with Crippen LogP contribution in [-0.2, 0) is 32.6 Å². The van der Waals surface area contributed by atoms with E-state index in [0.717, 1.165) is 19.9 Å². The average Bonchev–Trinajstić information content (AvgIpc) is 3.09. The maximum atomic E-state index is 14.6.